The molecule has 0 radical (unpaired) electrons. The van der Waals surface area contributed by atoms with E-state index in [0.717, 1.165) is 11.8 Å². The van der Waals surface area contributed by atoms with Gasteiger partial charge in [0.2, 0.25) is 0 Å². The molecule has 2 saturated heterocycles. The summed E-state index contributed by atoms with van der Waals surface area (Å²) in [5, 5.41) is 0. The number of nitrogens with zero attached hydrogens (tertiary/aromatic N) is 2. The zero-order chi connectivity index (χ0) is 18.1. The highest BCUT2D eigenvalue weighted by Crippen LogP contribution is 2.27. The molecular weight excluding hydrogens is 324 g/mol. The van der Waals surface area contributed by atoms with Crippen molar-refractivity contribution in [2.45, 2.75) is 57.8 Å². The largest absolute Gasteiger partial charge is 0.372 e. The van der Waals surface area contributed by atoms with E-state index in [4.69, 9.17) is 0 Å². The maximum atomic E-state index is 2.74. The Kier molecular flexibility index (Phi) is 9.19. The first kappa shape index (κ1) is 20.6. The Balaban J connectivity index is 0.00000109. The molecule has 1 aromatic carbocycles. The number of thioether (sulfide) groups is 1. The molecule has 0 unspecified atom stereocenters. The summed E-state index contributed by atoms with van der Waals surface area (Å²) >= 11 is 1.82. The number of piperidine rings is 2. The van der Waals surface area contributed by atoms with Crippen LogP contribution in [0.15, 0.2) is 29.2 Å². The molecule has 3 heteroatoms. The molecule has 2 aliphatic rings. The lowest BCUT2D eigenvalue weighted by molar-refractivity contribution is 0.149. The number of rotatable bonds is 5. The minimum absolute atomic E-state index is 0.912. The van der Waals surface area contributed by atoms with Gasteiger partial charge < -0.3 is 9.80 Å². The van der Waals surface area contributed by atoms with Gasteiger partial charge in [-0.05, 0) is 81.1 Å². The van der Waals surface area contributed by atoms with Gasteiger partial charge in [-0.15, -0.1) is 11.8 Å². The van der Waals surface area contributed by atoms with E-state index in [0.29, 0.717) is 0 Å². The first-order chi connectivity index (χ1) is 12.3. The van der Waals surface area contributed by atoms with Gasteiger partial charge in [0.15, 0.2) is 0 Å². The fourth-order valence-corrected chi connectivity index (χ4v) is 4.52. The number of hydrogen-bond donors (Lipinski definition) is 0. The van der Waals surface area contributed by atoms with E-state index >= 15 is 0 Å². The van der Waals surface area contributed by atoms with E-state index in [1.54, 1.807) is 0 Å². The fourth-order valence-electron chi connectivity index (χ4n) is 4.11. The monoisotopic (exact) mass is 362 g/mol. The van der Waals surface area contributed by atoms with E-state index in [-0.39, 0.29) is 0 Å². The second kappa shape index (κ2) is 11.1. The molecule has 0 amide bonds. The lowest BCUT2D eigenvalue weighted by Crippen LogP contribution is -2.41. The Morgan fingerprint density at radius 3 is 1.96 bits per heavy atom. The lowest BCUT2D eigenvalue weighted by Gasteiger charge is -2.38. The lowest BCUT2D eigenvalue weighted by atomic mass is 9.91. The van der Waals surface area contributed by atoms with Crippen molar-refractivity contribution in [3.8, 4) is 0 Å². The van der Waals surface area contributed by atoms with Crippen molar-refractivity contribution in [3.05, 3.63) is 24.3 Å². The van der Waals surface area contributed by atoms with Gasteiger partial charge in [0.1, 0.15) is 0 Å². The molecule has 0 spiro atoms. The molecule has 0 N–H and O–H groups in total. The molecule has 0 atom stereocenters. The Morgan fingerprint density at radius 2 is 1.44 bits per heavy atom. The maximum Gasteiger partial charge on any atom is 0.0366 e. The molecule has 0 bridgehead atoms. The van der Waals surface area contributed by atoms with Crippen LogP contribution in [0.25, 0.3) is 0 Å². The second-order valence-electron chi connectivity index (χ2n) is 7.28. The molecule has 2 heterocycles. The second-order valence-corrected chi connectivity index (χ2v) is 8.16. The minimum Gasteiger partial charge on any atom is -0.372 e. The van der Waals surface area contributed by atoms with Crippen molar-refractivity contribution in [1.29, 1.82) is 0 Å². The van der Waals surface area contributed by atoms with Gasteiger partial charge in [0, 0.05) is 30.2 Å². The SMILES string of the molecule is CC.CCC1CCN(CC2CCN(c3ccc(SC)cc3)CC2)CC1. The summed E-state index contributed by atoms with van der Waals surface area (Å²) in [6.07, 6.45) is 9.09. The number of hydrogen-bond acceptors (Lipinski definition) is 3. The molecule has 0 aliphatic carbocycles. The van der Waals surface area contributed by atoms with E-state index in [9.17, 15) is 0 Å². The predicted octanol–water partition coefficient (Wildman–Crippen LogP) is 5.77. The molecule has 25 heavy (non-hydrogen) atoms. The van der Waals surface area contributed by atoms with Gasteiger partial charge >= 0.3 is 0 Å². The normalized spacial score (nSPS) is 20.2. The smallest absolute Gasteiger partial charge is 0.0366 e. The zero-order valence-electron chi connectivity index (χ0n) is 16.8. The molecule has 2 fully saturated rings. The number of anilines is 1. The first-order valence-electron chi connectivity index (χ1n) is 10.4. The molecular formula is C22H38N2S. The highest BCUT2D eigenvalue weighted by atomic mass is 32.2. The van der Waals surface area contributed by atoms with Crippen LogP contribution in [0, 0.1) is 11.8 Å². The standard InChI is InChI=1S/C20H32N2S.C2H6/c1-3-17-8-12-21(13-9-17)16-18-10-14-22(15-11-18)19-4-6-20(23-2)7-5-19;1-2/h4-7,17-18H,3,8-16H2,1-2H3;1-2H3. The topological polar surface area (TPSA) is 6.48 Å². The van der Waals surface area contributed by atoms with Crippen LogP contribution in [0.3, 0.4) is 0 Å². The van der Waals surface area contributed by atoms with Crippen molar-refractivity contribution in [1.82, 2.24) is 4.90 Å². The van der Waals surface area contributed by atoms with Crippen LogP contribution in [0.4, 0.5) is 5.69 Å². The highest BCUT2D eigenvalue weighted by Gasteiger charge is 2.24. The van der Waals surface area contributed by atoms with Crippen molar-refractivity contribution >= 4 is 17.4 Å². The Bertz CT molecular complexity index is 457. The summed E-state index contributed by atoms with van der Waals surface area (Å²) in [6, 6.07) is 9.09. The van der Waals surface area contributed by atoms with Crippen molar-refractivity contribution in [3.63, 3.8) is 0 Å². The third-order valence-electron chi connectivity index (χ3n) is 5.85. The Morgan fingerprint density at radius 1 is 0.880 bits per heavy atom. The van der Waals surface area contributed by atoms with Gasteiger partial charge in [0.25, 0.3) is 0 Å². The molecule has 2 aliphatic heterocycles. The molecule has 1 aromatic rings. The third kappa shape index (κ3) is 6.21. The molecule has 2 nitrogen and oxygen atoms in total. The van der Waals surface area contributed by atoms with Gasteiger partial charge in [-0.1, -0.05) is 27.2 Å². The average Bonchev–Trinajstić information content (AvgIpc) is 2.71. The highest BCUT2D eigenvalue weighted by molar-refractivity contribution is 7.98. The van der Waals surface area contributed by atoms with Crippen molar-refractivity contribution < 1.29 is 0 Å². The third-order valence-corrected chi connectivity index (χ3v) is 6.60. The quantitative estimate of drug-likeness (QED) is 0.614. The van der Waals surface area contributed by atoms with E-state index in [1.807, 2.05) is 25.6 Å². The van der Waals surface area contributed by atoms with Gasteiger partial charge in [-0.25, -0.2) is 0 Å². The predicted molar refractivity (Wildman–Crippen MR) is 114 cm³/mol. The van der Waals surface area contributed by atoms with E-state index in [1.165, 1.54) is 75.4 Å². The zero-order valence-corrected chi connectivity index (χ0v) is 17.7. The van der Waals surface area contributed by atoms with Gasteiger partial charge in [-0.2, -0.15) is 0 Å². The summed E-state index contributed by atoms with van der Waals surface area (Å²) in [7, 11) is 0. The van der Waals surface area contributed by atoms with Crippen LogP contribution < -0.4 is 4.90 Å². The van der Waals surface area contributed by atoms with Crippen LogP contribution in [-0.2, 0) is 0 Å². The molecule has 0 saturated carbocycles. The number of benzene rings is 1. The van der Waals surface area contributed by atoms with Gasteiger partial charge in [0.05, 0.1) is 0 Å². The molecule has 3 rings (SSSR count). The van der Waals surface area contributed by atoms with Crippen LogP contribution in [-0.4, -0.2) is 43.9 Å². The van der Waals surface area contributed by atoms with Gasteiger partial charge in [-0.3, -0.25) is 0 Å². The van der Waals surface area contributed by atoms with Crippen LogP contribution in [0.1, 0.15) is 52.9 Å². The van der Waals surface area contributed by atoms with Crippen molar-refractivity contribution in [2.24, 2.45) is 11.8 Å². The van der Waals surface area contributed by atoms with E-state index in [2.05, 4.69) is 47.2 Å². The number of likely N-dealkylation sites (tertiary alicyclic amines) is 1. The summed E-state index contributed by atoms with van der Waals surface area (Å²) in [5.41, 5.74) is 1.41. The Labute approximate surface area is 160 Å². The molecule has 142 valence electrons. The Hall–Kier alpha value is -0.670. The summed E-state index contributed by atoms with van der Waals surface area (Å²) < 4.78 is 0. The molecule has 0 aromatic heterocycles. The minimum atomic E-state index is 0.912. The summed E-state index contributed by atoms with van der Waals surface area (Å²) in [4.78, 5) is 6.67. The summed E-state index contributed by atoms with van der Waals surface area (Å²) in [5.74, 6) is 1.91. The fraction of sp³-hybridized carbons (Fsp3) is 0.727. The maximum absolute atomic E-state index is 2.74. The van der Waals surface area contributed by atoms with E-state index < -0.39 is 0 Å². The summed E-state index contributed by atoms with van der Waals surface area (Å²) in [6.45, 7) is 12.8. The van der Waals surface area contributed by atoms with Crippen LogP contribution >= 0.6 is 11.8 Å². The van der Waals surface area contributed by atoms with Crippen LogP contribution in [0.2, 0.25) is 0 Å². The first-order valence-corrected chi connectivity index (χ1v) is 11.6. The van der Waals surface area contributed by atoms with Crippen LogP contribution in [0.5, 0.6) is 0 Å². The average molecular weight is 363 g/mol. The van der Waals surface area contributed by atoms with Crippen molar-refractivity contribution in [2.75, 3.05) is 43.9 Å².